The fourth-order valence-corrected chi connectivity index (χ4v) is 2.96. The van der Waals surface area contributed by atoms with E-state index in [2.05, 4.69) is 0 Å². The van der Waals surface area contributed by atoms with Gasteiger partial charge in [0.15, 0.2) is 17.3 Å². The van der Waals surface area contributed by atoms with Crippen LogP contribution in [0, 0.1) is 0 Å². The van der Waals surface area contributed by atoms with Gasteiger partial charge >= 0.3 is 0 Å². The third-order valence-electron chi connectivity index (χ3n) is 4.22. The fraction of sp³-hybridized carbons (Fsp3) is 0.222. The molecule has 0 aliphatic carbocycles. The second kappa shape index (κ2) is 5.56. The van der Waals surface area contributed by atoms with E-state index in [0.717, 1.165) is 0 Å². The Morgan fingerprint density at radius 3 is 2.79 bits per heavy atom. The third kappa shape index (κ3) is 2.27. The molecule has 0 spiro atoms. The van der Waals surface area contributed by atoms with E-state index in [9.17, 15) is 9.59 Å². The number of rotatable bonds is 2. The highest BCUT2D eigenvalue weighted by Crippen LogP contribution is 2.35. The van der Waals surface area contributed by atoms with E-state index in [1.165, 1.54) is 0 Å². The largest absolute Gasteiger partial charge is 0.497 e. The van der Waals surface area contributed by atoms with Crippen LogP contribution in [0.5, 0.6) is 17.2 Å². The van der Waals surface area contributed by atoms with Crippen LogP contribution in [0.3, 0.4) is 0 Å². The quantitative estimate of drug-likeness (QED) is 0.849. The number of ether oxygens (including phenoxy) is 3. The van der Waals surface area contributed by atoms with Crippen molar-refractivity contribution in [3.63, 3.8) is 0 Å². The van der Waals surface area contributed by atoms with Crippen LogP contribution in [-0.2, 0) is 0 Å². The number of amides is 1. The minimum atomic E-state index is -0.185. The molecule has 0 aromatic heterocycles. The average Bonchev–Trinajstić information content (AvgIpc) is 3.09. The number of hydrogen-bond acceptors (Lipinski definition) is 5. The zero-order valence-electron chi connectivity index (χ0n) is 13.1. The van der Waals surface area contributed by atoms with E-state index < -0.39 is 0 Å². The van der Waals surface area contributed by atoms with Gasteiger partial charge in [0.2, 0.25) is 6.79 Å². The molecular formula is C18H15NO5. The highest BCUT2D eigenvalue weighted by atomic mass is 16.7. The number of fused-ring (bicyclic) bond motifs is 2. The second-order valence-corrected chi connectivity index (χ2v) is 5.58. The maximum absolute atomic E-state index is 12.9. The predicted octanol–water partition coefficient (Wildman–Crippen LogP) is 2.66. The normalized spacial score (nSPS) is 15.2. The van der Waals surface area contributed by atoms with E-state index in [4.69, 9.17) is 14.2 Å². The molecule has 2 aliphatic rings. The Balaban J connectivity index is 1.73. The number of nitrogens with zero attached hydrogens (tertiary/aromatic N) is 1. The van der Waals surface area contributed by atoms with E-state index in [-0.39, 0.29) is 18.5 Å². The summed E-state index contributed by atoms with van der Waals surface area (Å²) in [7, 11) is 1.55. The number of benzene rings is 2. The number of anilines is 1. The van der Waals surface area contributed by atoms with Crippen LogP contribution in [0.4, 0.5) is 5.69 Å². The van der Waals surface area contributed by atoms with Gasteiger partial charge in [0.1, 0.15) is 5.75 Å². The van der Waals surface area contributed by atoms with Gasteiger partial charge in [-0.1, -0.05) is 0 Å². The van der Waals surface area contributed by atoms with Crippen molar-refractivity contribution in [2.75, 3.05) is 25.3 Å². The Bertz CT molecular complexity index is 845. The summed E-state index contributed by atoms with van der Waals surface area (Å²) in [5, 5.41) is 0. The van der Waals surface area contributed by atoms with Crippen LogP contribution in [0.1, 0.15) is 27.1 Å². The number of Topliss-reactive ketones (excluding diaryl/α,β-unsaturated/α-hetero) is 1. The van der Waals surface area contributed by atoms with Crippen LogP contribution >= 0.6 is 0 Å². The molecule has 6 heteroatoms. The average molecular weight is 325 g/mol. The van der Waals surface area contributed by atoms with Gasteiger partial charge in [0, 0.05) is 30.2 Å². The molecular weight excluding hydrogens is 310 g/mol. The maximum atomic E-state index is 12.9. The first-order chi connectivity index (χ1) is 11.7. The van der Waals surface area contributed by atoms with Crippen molar-refractivity contribution in [1.82, 2.24) is 0 Å². The van der Waals surface area contributed by atoms with Gasteiger partial charge in [-0.3, -0.25) is 9.59 Å². The zero-order valence-corrected chi connectivity index (χ0v) is 13.1. The molecule has 0 atom stereocenters. The first kappa shape index (κ1) is 14.6. The number of carbonyl (C=O) groups excluding carboxylic acids is 2. The lowest BCUT2D eigenvalue weighted by atomic mass is 9.99. The summed E-state index contributed by atoms with van der Waals surface area (Å²) in [6.07, 6.45) is 0.301. The summed E-state index contributed by atoms with van der Waals surface area (Å²) in [5.74, 6) is 1.63. The van der Waals surface area contributed by atoms with E-state index in [1.54, 1.807) is 48.4 Å². The molecule has 2 aromatic rings. The van der Waals surface area contributed by atoms with Crippen molar-refractivity contribution in [2.45, 2.75) is 6.42 Å². The molecule has 122 valence electrons. The SMILES string of the molecule is COc1ccc2c(c1)N(C(=O)c1ccc3c(c1)OCO3)CCC2=O. The predicted molar refractivity (Wildman–Crippen MR) is 86.2 cm³/mol. The van der Waals surface area contributed by atoms with Crippen molar-refractivity contribution in [2.24, 2.45) is 0 Å². The van der Waals surface area contributed by atoms with Crippen LogP contribution in [0.2, 0.25) is 0 Å². The number of hydrogen-bond donors (Lipinski definition) is 0. The summed E-state index contributed by atoms with van der Waals surface area (Å²) in [6, 6.07) is 10.2. The Hall–Kier alpha value is -3.02. The van der Waals surface area contributed by atoms with Gasteiger partial charge in [-0.2, -0.15) is 0 Å². The lowest BCUT2D eigenvalue weighted by Crippen LogP contribution is -2.37. The summed E-state index contributed by atoms with van der Waals surface area (Å²) >= 11 is 0. The molecule has 6 nitrogen and oxygen atoms in total. The molecule has 0 fully saturated rings. The summed E-state index contributed by atoms with van der Waals surface area (Å²) in [5.41, 5.74) is 1.60. The molecule has 2 aliphatic heterocycles. The smallest absolute Gasteiger partial charge is 0.258 e. The highest BCUT2D eigenvalue weighted by molar-refractivity contribution is 6.13. The first-order valence-corrected chi connectivity index (χ1v) is 7.60. The van der Waals surface area contributed by atoms with Gasteiger partial charge in [-0.05, 0) is 30.3 Å². The molecule has 1 amide bonds. The van der Waals surface area contributed by atoms with E-state index in [1.807, 2.05) is 0 Å². The lowest BCUT2D eigenvalue weighted by Gasteiger charge is -2.29. The van der Waals surface area contributed by atoms with E-state index >= 15 is 0 Å². The van der Waals surface area contributed by atoms with E-state index in [0.29, 0.717) is 47.0 Å². The van der Waals surface area contributed by atoms with Crippen LogP contribution in [-0.4, -0.2) is 32.1 Å². The Labute approximate surface area is 138 Å². The van der Waals surface area contributed by atoms with Crippen molar-refractivity contribution < 1.29 is 23.8 Å². The van der Waals surface area contributed by atoms with Crippen molar-refractivity contribution in [1.29, 1.82) is 0 Å². The van der Waals surface area contributed by atoms with Crippen LogP contribution < -0.4 is 19.1 Å². The number of methoxy groups -OCH3 is 1. The second-order valence-electron chi connectivity index (χ2n) is 5.58. The van der Waals surface area contributed by atoms with Crippen molar-refractivity contribution in [3.8, 4) is 17.2 Å². The Morgan fingerprint density at radius 2 is 1.96 bits per heavy atom. The topological polar surface area (TPSA) is 65.1 Å². The van der Waals surface area contributed by atoms with Gasteiger partial charge < -0.3 is 19.1 Å². The molecule has 0 radical (unpaired) electrons. The first-order valence-electron chi connectivity index (χ1n) is 7.60. The van der Waals surface area contributed by atoms with Gasteiger partial charge in [0.05, 0.1) is 12.8 Å². The van der Waals surface area contributed by atoms with Crippen LogP contribution in [0.25, 0.3) is 0 Å². The van der Waals surface area contributed by atoms with Gasteiger partial charge in [-0.25, -0.2) is 0 Å². The third-order valence-corrected chi connectivity index (χ3v) is 4.22. The van der Waals surface area contributed by atoms with Gasteiger partial charge in [0.25, 0.3) is 5.91 Å². The minimum absolute atomic E-state index is 0.0300. The Kier molecular flexibility index (Phi) is 3.37. The molecule has 0 saturated carbocycles. The van der Waals surface area contributed by atoms with Gasteiger partial charge in [-0.15, -0.1) is 0 Å². The summed E-state index contributed by atoms with van der Waals surface area (Å²) in [6.45, 7) is 0.498. The lowest BCUT2D eigenvalue weighted by molar-refractivity contribution is 0.0954. The minimum Gasteiger partial charge on any atom is -0.497 e. The molecule has 2 aromatic carbocycles. The van der Waals surface area contributed by atoms with Crippen LogP contribution in [0.15, 0.2) is 36.4 Å². The standard InChI is InChI=1S/C18H15NO5/c1-22-12-3-4-13-14(9-12)19(7-6-15(13)20)18(21)11-2-5-16-17(8-11)24-10-23-16/h2-5,8-9H,6-7,10H2,1H3. The molecule has 4 rings (SSSR count). The summed E-state index contributed by atoms with van der Waals surface area (Å²) < 4.78 is 15.8. The highest BCUT2D eigenvalue weighted by Gasteiger charge is 2.29. The zero-order chi connectivity index (χ0) is 16.7. The van der Waals surface area contributed by atoms with Crippen molar-refractivity contribution >= 4 is 17.4 Å². The maximum Gasteiger partial charge on any atom is 0.258 e. The number of ketones is 1. The van der Waals surface area contributed by atoms with Crippen molar-refractivity contribution in [3.05, 3.63) is 47.5 Å². The molecule has 0 N–H and O–H groups in total. The molecule has 0 saturated heterocycles. The fourth-order valence-electron chi connectivity index (χ4n) is 2.96. The Morgan fingerprint density at radius 1 is 1.12 bits per heavy atom. The molecule has 2 heterocycles. The molecule has 0 bridgehead atoms. The molecule has 0 unspecified atom stereocenters. The number of carbonyl (C=O) groups is 2. The molecule has 24 heavy (non-hydrogen) atoms. The monoisotopic (exact) mass is 325 g/mol. The summed E-state index contributed by atoms with van der Waals surface area (Å²) in [4.78, 5) is 26.7.